The van der Waals surface area contributed by atoms with E-state index in [9.17, 15) is 4.79 Å². The molecule has 0 fully saturated rings. The molecule has 0 spiro atoms. The third-order valence-corrected chi connectivity index (χ3v) is 2.05. The summed E-state index contributed by atoms with van der Waals surface area (Å²) in [6, 6.07) is 7.50. The van der Waals surface area contributed by atoms with Gasteiger partial charge in [-0.25, -0.2) is 0 Å². The van der Waals surface area contributed by atoms with Crippen molar-refractivity contribution in [2.24, 2.45) is 0 Å². The summed E-state index contributed by atoms with van der Waals surface area (Å²) in [5.74, 6) is 6.23. The van der Waals surface area contributed by atoms with Gasteiger partial charge in [-0.05, 0) is 52.0 Å². The Balaban J connectivity index is 2.58. The van der Waals surface area contributed by atoms with E-state index in [0.29, 0.717) is 6.61 Å². The number of hydrogen-bond acceptors (Lipinski definition) is 3. The fraction of sp³-hybridized carbons (Fsp3) is 0.438. The van der Waals surface area contributed by atoms with E-state index < -0.39 is 0 Å². The maximum atomic E-state index is 11.1. The first kappa shape index (κ1) is 15.1. The van der Waals surface area contributed by atoms with Crippen LogP contribution < -0.4 is 4.74 Å². The lowest BCUT2D eigenvalue weighted by Crippen LogP contribution is -2.22. The first-order valence-corrected chi connectivity index (χ1v) is 6.34. The Hall–Kier alpha value is -1.95. The summed E-state index contributed by atoms with van der Waals surface area (Å²) in [7, 11) is 0. The van der Waals surface area contributed by atoms with Crippen molar-refractivity contribution in [1.82, 2.24) is 0 Å². The van der Waals surface area contributed by atoms with Crippen LogP contribution in [-0.4, -0.2) is 18.2 Å². The second kappa shape index (κ2) is 6.84. The average Bonchev–Trinajstić information content (AvgIpc) is 2.30. The minimum atomic E-state index is -0.289. The number of carbonyl (C=O) groups excluding carboxylic acids is 1. The molecule has 0 unspecified atom stereocenters. The summed E-state index contributed by atoms with van der Waals surface area (Å²) in [5.41, 5.74) is 0.641. The molecule has 3 heteroatoms. The van der Waals surface area contributed by atoms with Crippen LogP contribution in [-0.2, 0) is 9.53 Å². The zero-order valence-electron chi connectivity index (χ0n) is 11.9. The first-order valence-electron chi connectivity index (χ1n) is 6.34. The van der Waals surface area contributed by atoms with Crippen LogP contribution in [0.15, 0.2) is 24.3 Å². The molecule has 1 aromatic carbocycles. The van der Waals surface area contributed by atoms with Gasteiger partial charge in [0.05, 0.1) is 6.61 Å². The normalized spacial score (nSPS) is 10.3. The zero-order valence-corrected chi connectivity index (χ0v) is 11.9. The van der Waals surface area contributed by atoms with Crippen molar-refractivity contribution in [3.05, 3.63) is 29.8 Å². The highest BCUT2D eigenvalue weighted by Crippen LogP contribution is 2.18. The molecule has 3 nitrogen and oxygen atoms in total. The molecule has 19 heavy (non-hydrogen) atoms. The van der Waals surface area contributed by atoms with Crippen LogP contribution in [0.1, 0.15) is 39.7 Å². The van der Waals surface area contributed by atoms with E-state index in [-0.39, 0.29) is 18.0 Å². The molecule has 0 N–H and O–H groups in total. The fourth-order valence-electron chi connectivity index (χ4n) is 1.39. The Morgan fingerprint density at radius 1 is 1.21 bits per heavy atom. The molecule has 102 valence electrons. The maximum Gasteiger partial charge on any atom is 0.317 e. The number of esters is 1. The van der Waals surface area contributed by atoms with Crippen LogP contribution in [0.2, 0.25) is 0 Å². The van der Waals surface area contributed by atoms with Crippen molar-refractivity contribution in [1.29, 1.82) is 0 Å². The van der Waals surface area contributed by atoms with E-state index in [1.165, 1.54) is 0 Å². The van der Waals surface area contributed by atoms with Crippen molar-refractivity contribution in [2.45, 2.75) is 39.7 Å². The Morgan fingerprint density at radius 2 is 1.84 bits per heavy atom. The van der Waals surface area contributed by atoms with Crippen molar-refractivity contribution in [2.75, 3.05) is 6.61 Å². The predicted molar refractivity (Wildman–Crippen MR) is 75.0 cm³/mol. The summed E-state index contributed by atoms with van der Waals surface area (Å²) in [6.07, 6.45) is 0.119. The smallest absolute Gasteiger partial charge is 0.317 e. The number of rotatable bonds is 3. The highest BCUT2D eigenvalue weighted by atomic mass is 16.5. The van der Waals surface area contributed by atoms with Gasteiger partial charge in [0.2, 0.25) is 0 Å². The Morgan fingerprint density at radius 3 is 2.37 bits per heavy atom. The van der Waals surface area contributed by atoms with Crippen molar-refractivity contribution >= 4 is 5.97 Å². The summed E-state index contributed by atoms with van der Waals surface area (Å²) >= 11 is 0. The first-order chi connectivity index (χ1) is 8.90. The predicted octanol–water partition coefficient (Wildman–Crippen LogP) is 3.17. The molecular formula is C16H20O3. The van der Waals surface area contributed by atoms with Gasteiger partial charge < -0.3 is 9.47 Å². The van der Waals surface area contributed by atoms with Gasteiger partial charge in [0.25, 0.3) is 0 Å². The minimum Gasteiger partial charge on any atom is -0.488 e. The van der Waals surface area contributed by atoms with Crippen LogP contribution in [0.4, 0.5) is 0 Å². The average molecular weight is 260 g/mol. The lowest BCUT2D eigenvalue weighted by atomic mass is 10.1. The zero-order chi connectivity index (χ0) is 14.3. The topological polar surface area (TPSA) is 35.5 Å². The van der Waals surface area contributed by atoms with E-state index in [1.807, 2.05) is 45.0 Å². The second-order valence-corrected chi connectivity index (χ2v) is 5.02. The van der Waals surface area contributed by atoms with Crippen molar-refractivity contribution in [3.8, 4) is 17.6 Å². The quantitative estimate of drug-likeness (QED) is 0.618. The van der Waals surface area contributed by atoms with Crippen LogP contribution in [0.25, 0.3) is 0 Å². The maximum absolute atomic E-state index is 11.1. The molecule has 0 saturated heterocycles. The number of ether oxygens (including phenoxy) is 2. The molecule has 1 aromatic rings. The van der Waals surface area contributed by atoms with Gasteiger partial charge in [-0.1, -0.05) is 11.8 Å². The molecule has 0 aliphatic carbocycles. The summed E-state index contributed by atoms with van der Waals surface area (Å²) in [4.78, 5) is 11.1. The van der Waals surface area contributed by atoms with Crippen molar-refractivity contribution in [3.63, 3.8) is 0 Å². The molecular weight excluding hydrogens is 240 g/mol. The van der Waals surface area contributed by atoms with E-state index in [2.05, 4.69) is 11.8 Å². The van der Waals surface area contributed by atoms with Gasteiger partial charge in [0, 0.05) is 5.56 Å². The molecule has 0 bridgehead atoms. The molecule has 0 radical (unpaired) electrons. The summed E-state index contributed by atoms with van der Waals surface area (Å²) in [6.45, 7) is 8.17. The molecule has 0 aliphatic heterocycles. The Bertz CT molecular complexity index is 469. The largest absolute Gasteiger partial charge is 0.488 e. The molecule has 0 aromatic heterocycles. The molecule has 0 aliphatic rings. The monoisotopic (exact) mass is 260 g/mol. The van der Waals surface area contributed by atoms with E-state index in [4.69, 9.17) is 9.47 Å². The van der Waals surface area contributed by atoms with Crippen LogP contribution in [0, 0.1) is 11.8 Å². The molecule has 0 saturated carbocycles. The fourth-order valence-corrected chi connectivity index (χ4v) is 1.39. The van der Waals surface area contributed by atoms with Crippen LogP contribution in [0.5, 0.6) is 5.75 Å². The second-order valence-electron chi connectivity index (χ2n) is 5.02. The van der Waals surface area contributed by atoms with Gasteiger partial charge in [0.1, 0.15) is 17.8 Å². The number of hydrogen-bond donors (Lipinski definition) is 0. The van der Waals surface area contributed by atoms with Crippen LogP contribution in [0.3, 0.4) is 0 Å². The highest BCUT2D eigenvalue weighted by Gasteiger charge is 2.10. The van der Waals surface area contributed by atoms with E-state index in [0.717, 1.165) is 11.3 Å². The van der Waals surface area contributed by atoms with Crippen molar-refractivity contribution < 1.29 is 14.3 Å². The molecule has 0 amide bonds. The van der Waals surface area contributed by atoms with Gasteiger partial charge in [-0.15, -0.1) is 0 Å². The lowest BCUT2D eigenvalue weighted by Gasteiger charge is -2.21. The molecule has 0 heterocycles. The standard InChI is InChI=1S/C16H20O3/c1-5-18-15(17)8-6-7-13-9-11-14(12-10-13)19-16(2,3)4/h9-12H,5,8H2,1-4H3. The van der Waals surface area contributed by atoms with Gasteiger partial charge in [-0.3, -0.25) is 4.79 Å². The SMILES string of the molecule is CCOC(=O)CC#Cc1ccc(OC(C)(C)C)cc1. The number of carbonyl (C=O) groups is 1. The van der Waals surface area contributed by atoms with Gasteiger partial charge in [-0.2, -0.15) is 0 Å². The lowest BCUT2D eigenvalue weighted by molar-refractivity contribution is -0.141. The highest BCUT2D eigenvalue weighted by molar-refractivity contribution is 5.72. The Labute approximate surface area is 114 Å². The third-order valence-electron chi connectivity index (χ3n) is 2.05. The summed E-state index contributed by atoms with van der Waals surface area (Å²) in [5, 5.41) is 0. The summed E-state index contributed by atoms with van der Waals surface area (Å²) < 4.78 is 10.5. The Kier molecular flexibility index (Phi) is 5.44. The van der Waals surface area contributed by atoms with Gasteiger partial charge >= 0.3 is 5.97 Å². The number of benzene rings is 1. The van der Waals surface area contributed by atoms with Gasteiger partial charge in [0.15, 0.2) is 0 Å². The third kappa shape index (κ3) is 6.52. The van der Waals surface area contributed by atoms with E-state index in [1.54, 1.807) is 6.92 Å². The van der Waals surface area contributed by atoms with E-state index >= 15 is 0 Å². The molecule has 0 atom stereocenters. The minimum absolute atomic E-state index is 0.119. The molecule has 1 rings (SSSR count). The van der Waals surface area contributed by atoms with Crippen LogP contribution >= 0.6 is 0 Å².